The maximum absolute atomic E-state index is 13.6. The maximum atomic E-state index is 13.6. The van der Waals surface area contributed by atoms with Crippen molar-refractivity contribution < 1.29 is 13.5 Å². The minimum Gasteiger partial charge on any atom is -0.494 e. The van der Waals surface area contributed by atoms with Gasteiger partial charge in [0.1, 0.15) is 17.4 Å². The number of ether oxygens (including phenoxy) is 1. The van der Waals surface area contributed by atoms with Crippen LogP contribution in [-0.4, -0.2) is 6.61 Å². The van der Waals surface area contributed by atoms with Crippen molar-refractivity contribution in [3.63, 3.8) is 0 Å². The van der Waals surface area contributed by atoms with E-state index < -0.39 is 11.6 Å². The number of benzene rings is 2. The molecule has 106 valence electrons. The second kappa shape index (κ2) is 6.70. The van der Waals surface area contributed by atoms with E-state index in [1.54, 1.807) is 0 Å². The van der Waals surface area contributed by atoms with Crippen LogP contribution in [0.15, 0.2) is 40.9 Å². The zero-order chi connectivity index (χ0) is 14.5. The molecule has 5 heteroatoms. The van der Waals surface area contributed by atoms with Gasteiger partial charge in [0.2, 0.25) is 0 Å². The van der Waals surface area contributed by atoms with Gasteiger partial charge in [0.25, 0.3) is 0 Å². The molecule has 0 aromatic heterocycles. The predicted octanol–water partition coefficient (Wildman–Crippen LogP) is 4.74. The lowest BCUT2D eigenvalue weighted by Crippen LogP contribution is -2.03. The van der Waals surface area contributed by atoms with E-state index in [1.807, 2.05) is 31.2 Å². The Morgan fingerprint density at radius 3 is 2.45 bits per heavy atom. The quantitative estimate of drug-likeness (QED) is 0.848. The van der Waals surface area contributed by atoms with Gasteiger partial charge in [-0.1, -0.05) is 12.1 Å². The Labute approximate surface area is 124 Å². The first-order chi connectivity index (χ1) is 9.60. The van der Waals surface area contributed by atoms with E-state index in [9.17, 15) is 8.78 Å². The Balaban J connectivity index is 2.05. The van der Waals surface area contributed by atoms with Gasteiger partial charge in [0.15, 0.2) is 0 Å². The summed E-state index contributed by atoms with van der Waals surface area (Å²) in [4.78, 5) is 0. The van der Waals surface area contributed by atoms with Crippen molar-refractivity contribution in [3.8, 4) is 5.75 Å². The van der Waals surface area contributed by atoms with Gasteiger partial charge in [-0.05, 0) is 46.6 Å². The van der Waals surface area contributed by atoms with E-state index in [4.69, 9.17) is 4.74 Å². The molecule has 0 aliphatic rings. The minimum atomic E-state index is -0.622. The summed E-state index contributed by atoms with van der Waals surface area (Å²) in [5, 5.41) is 2.95. The zero-order valence-corrected chi connectivity index (χ0v) is 12.5. The number of rotatable bonds is 5. The first-order valence-corrected chi connectivity index (χ1v) is 6.99. The molecule has 0 atom stereocenters. The zero-order valence-electron chi connectivity index (χ0n) is 10.9. The van der Waals surface area contributed by atoms with E-state index in [-0.39, 0.29) is 5.69 Å². The molecule has 2 nitrogen and oxygen atoms in total. The van der Waals surface area contributed by atoms with Gasteiger partial charge in [0.05, 0.1) is 12.3 Å². The minimum absolute atomic E-state index is 0.250. The molecule has 0 amide bonds. The molecule has 0 bridgehead atoms. The van der Waals surface area contributed by atoms with Gasteiger partial charge in [0, 0.05) is 17.1 Å². The second-order valence-electron chi connectivity index (χ2n) is 4.17. The first kappa shape index (κ1) is 14.8. The molecule has 0 spiro atoms. The third kappa shape index (κ3) is 3.70. The van der Waals surface area contributed by atoms with Crippen LogP contribution in [-0.2, 0) is 6.54 Å². The summed E-state index contributed by atoms with van der Waals surface area (Å²) in [6.07, 6.45) is 0. The fraction of sp³-hybridized carbons (Fsp3) is 0.200. The van der Waals surface area contributed by atoms with Crippen LogP contribution in [0.25, 0.3) is 0 Å². The summed E-state index contributed by atoms with van der Waals surface area (Å²) in [5.41, 5.74) is 1.23. The fourth-order valence-corrected chi connectivity index (χ4v) is 2.32. The van der Waals surface area contributed by atoms with E-state index in [1.165, 1.54) is 6.07 Å². The second-order valence-corrected chi connectivity index (χ2v) is 5.03. The summed E-state index contributed by atoms with van der Waals surface area (Å²) >= 11 is 3.14. The molecule has 2 aromatic rings. The van der Waals surface area contributed by atoms with Crippen LogP contribution in [0.5, 0.6) is 5.75 Å². The summed E-state index contributed by atoms with van der Waals surface area (Å²) < 4.78 is 32.3. The van der Waals surface area contributed by atoms with Crippen molar-refractivity contribution in [2.45, 2.75) is 13.5 Å². The summed E-state index contributed by atoms with van der Waals surface area (Å²) in [5.74, 6) is -0.436. The molecular formula is C15H14BrF2NO. The Morgan fingerprint density at radius 2 is 1.85 bits per heavy atom. The third-order valence-electron chi connectivity index (χ3n) is 2.71. The smallest absolute Gasteiger partial charge is 0.150 e. The van der Waals surface area contributed by atoms with Crippen molar-refractivity contribution in [2.75, 3.05) is 11.9 Å². The van der Waals surface area contributed by atoms with Gasteiger partial charge in [-0.3, -0.25) is 0 Å². The lowest BCUT2D eigenvalue weighted by atomic mass is 10.2. The van der Waals surface area contributed by atoms with E-state index >= 15 is 0 Å². The van der Waals surface area contributed by atoms with Gasteiger partial charge in [-0.25, -0.2) is 8.78 Å². The number of hydrogen-bond acceptors (Lipinski definition) is 2. The van der Waals surface area contributed by atoms with Crippen LogP contribution < -0.4 is 10.1 Å². The normalized spacial score (nSPS) is 10.4. The van der Waals surface area contributed by atoms with Crippen molar-refractivity contribution in [3.05, 3.63) is 58.1 Å². The Kier molecular flexibility index (Phi) is 4.95. The summed E-state index contributed by atoms with van der Waals surface area (Å²) in [7, 11) is 0. The maximum Gasteiger partial charge on any atom is 0.150 e. The molecule has 0 unspecified atom stereocenters. The van der Waals surface area contributed by atoms with Crippen molar-refractivity contribution in [1.82, 2.24) is 0 Å². The van der Waals surface area contributed by atoms with Crippen LogP contribution in [0, 0.1) is 11.6 Å². The number of anilines is 1. The topological polar surface area (TPSA) is 21.3 Å². The largest absolute Gasteiger partial charge is 0.494 e. The van der Waals surface area contributed by atoms with E-state index in [0.29, 0.717) is 17.6 Å². The van der Waals surface area contributed by atoms with Crippen LogP contribution in [0.1, 0.15) is 12.5 Å². The Hall–Kier alpha value is -1.62. The third-order valence-corrected chi connectivity index (χ3v) is 3.34. The molecule has 0 fully saturated rings. The summed E-state index contributed by atoms with van der Waals surface area (Å²) in [6, 6.07) is 9.59. The average Bonchev–Trinajstić information content (AvgIpc) is 2.39. The lowest BCUT2D eigenvalue weighted by molar-refractivity contribution is 0.340. The van der Waals surface area contributed by atoms with Gasteiger partial charge in [-0.15, -0.1) is 0 Å². The Morgan fingerprint density at radius 1 is 1.15 bits per heavy atom. The molecule has 1 N–H and O–H groups in total. The van der Waals surface area contributed by atoms with Crippen molar-refractivity contribution in [2.24, 2.45) is 0 Å². The monoisotopic (exact) mass is 341 g/mol. The highest BCUT2D eigenvalue weighted by Gasteiger charge is 2.09. The predicted molar refractivity (Wildman–Crippen MR) is 79.0 cm³/mol. The highest BCUT2D eigenvalue weighted by molar-refractivity contribution is 9.10. The van der Waals surface area contributed by atoms with Gasteiger partial charge in [-0.2, -0.15) is 0 Å². The SMILES string of the molecule is CCOc1ccc(CNc2c(F)cc(F)cc2Br)cc1. The van der Waals surface area contributed by atoms with E-state index in [2.05, 4.69) is 21.2 Å². The molecule has 2 rings (SSSR count). The van der Waals surface area contributed by atoms with Crippen molar-refractivity contribution >= 4 is 21.6 Å². The molecule has 0 saturated carbocycles. The first-order valence-electron chi connectivity index (χ1n) is 6.20. The fourth-order valence-electron chi connectivity index (χ4n) is 1.77. The van der Waals surface area contributed by atoms with Gasteiger partial charge < -0.3 is 10.1 Å². The molecular weight excluding hydrogens is 328 g/mol. The Bertz CT molecular complexity index is 564. The molecule has 0 aliphatic heterocycles. The van der Waals surface area contributed by atoms with Crippen LogP contribution in [0.4, 0.5) is 14.5 Å². The van der Waals surface area contributed by atoms with Crippen LogP contribution >= 0.6 is 15.9 Å². The standard InChI is InChI=1S/C15H14BrF2NO/c1-2-20-12-5-3-10(4-6-12)9-19-15-13(16)7-11(17)8-14(15)18/h3-8,19H,2,9H2,1H3. The van der Waals surface area contributed by atoms with Gasteiger partial charge >= 0.3 is 0 Å². The summed E-state index contributed by atoms with van der Waals surface area (Å²) in [6.45, 7) is 2.98. The molecule has 0 aliphatic carbocycles. The average molecular weight is 342 g/mol. The molecule has 20 heavy (non-hydrogen) atoms. The van der Waals surface area contributed by atoms with Crippen molar-refractivity contribution in [1.29, 1.82) is 0 Å². The van der Waals surface area contributed by atoms with E-state index in [0.717, 1.165) is 17.4 Å². The highest BCUT2D eigenvalue weighted by Crippen LogP contribution is 2.27. The molecule has 0 heterocycles. The molecule has 0 saturated heterocycles. The van der Waals surface area contributed by atoms with Crippen LogP contribution in [0.3, 0.4) is 0 Å². The number of nitrogens with one attached hydrogen (secondary N) is 1. The number of halogens is 3. The lowest BCUT2D eigenvalue weighted by Gasteiger charge is -2.10. The highest BCUT2D eigenvalue weighted by atomic mass is 79.9. The number of hydrogen-bond donors (Lipinski definition) is 1. The van der Waals surface area contributed by atoms with Crippen LogP contribution in [0.2, 0.25) is 0 Å². The molecule has 2 aromatic carbocycles. The molecule has 0 radical (unpaired) electrons.